The molecule has 0 unspecified atom stereocenters. The highest BCUT2D eigenvalue weighted by Crippen LogP contribution is 2.31. The average molecular weight is 292 g/mol. The van der Waals surface area contributed by atoms with Crippen molar-refractivity contribution < 1.29 is 17.9 Å². The molecule has 0 aliphatic heterocycles. The lowest BCUT2D eigenvalue weighted by Crippen LogP contribution is -2.04. The Morgan fingerprint density at radius 2 is 2.00 bits per heavy atom. The van der Waals surface area contributed by atoms with Gasteiger partial charge in [-0.25, -0.2) is 9.37 Å². The van der Waals surface area contributed by atoms with E-state index in [1.54, 1.807) is 0 Å². The minimum atomic E-state index is -3.03. The number of alkyl halides is 2. The summed E-state index contributed by atoms with van der Waals surface area (Å²) in [5.74, 6) is -1.06. The molecule has 2 rings (SSSR count). The van der Waals surface area contributed by atoms with Gasteiger partial charge in [0.15, 0.2) is 0 Å². The van der Waals surface area contributed by atoms with Crippen molar-refractivity contribution >= 4 is 26.7 Å². The number of fused-ring (bicyclic) bond motifs is 1. The average Bonchev–Trinajstić information content (AvgIpc) is 2.23. The SMILES string of the molecule is Fc1ccc(Br)c2ccnc(OC(F)F)c12. The van der Waals surface area contributed by atoms with Gasteiger partial charge in [-0.1, -0.05) is 15.9 Å². The van der Waals surface area contributed by atoms with Crippen LogP contribution in [0.2, 0.25) is 0 Å². The summed E-state index contributed by atoms with van der Waals surface area (Å²) in [7, 11) is 0. The van der Waals surface area contributed by atoms with Gasteiger partial charge in [-0.05, 0) is 18.2 Å². The first kappa shape index (κ1) is 11.2. The van der Waals surface area contributed by atoms with Crippen LogP contribution in [0.1, 0.15) is 0 Å². The van der Waals surface area contributed by atoms with Gasteiger partial charge in [-0.15, -0.1) is 0 Å². The number of nitrogens with zero attached hydrogens (tertiary/aromatic N) is 1. The molecule has 2 nitrogen and oxygen atoms in total. The van der Waals surface area contributed by atoms with Gasteiger partial charge in [0.05, 0.1) is 5.39 Å². The molecule has 84 valence electrons. The smallest absolute Gasteiger partial charge is 0.388 e. The standard InChI is InChI=1S/C10H5BrF3NO/c11-6-1-2-7(12)8-5(6)3-4-15-9(8)16-10(13)14/h1-4,10H. The van der Waals surface area contributed by atoms with E-state index in [9.17, 15) is 13.2 Å². The maximum atomic E-state index is 13.5. The van der Waals surface area contributed by atoms with E-state index in [0.29, 0.717) is 9.86 Å². The van der Waals surface area contributed by atoms with Gasteiger partial charge >= 0.3 is 6.61 Å². The molecule has 2 aromatic rings. The van der Waals surface area contributed by atoms with Crippen LogP contribution in [0.3, 0.4) is 0 Å². The number of ether oxygens (including phenoxy) is 1. The van der Waals surface area contributed by atoms with Crippen molar-refractivity contribution in [3.8, 4) is 5.88 Å². The number of rotatable bonds is 2. The van der Waals surface area contributed by atoms with Gasteiger partial charge in [-0.3, -0.25) is 0 Å². The van der Waals surface area contributed by atoms with E-state index < -0.39 is 18.3 Å². The van der Waals surface area contributed by atoms with Crippen LogP contribution in [0.4, 0.5) is 13.2 Å². The van der Waals surface area contributed by atoms with Crippen LogP contribution < -0.4 is 4.74 Å². The van der Waals surface area contributed by atoms with Crippen LogP contribution in [-0.4, -0.2) is 11.6 Å². The lowest BCUT2D eigenvalue weighted by atomic mass is 10.1. The maximum Gasteiger partial charge on any atom is 0.388 e. The van der Waals surface area contributed by atoms with Crippen LogP contribution in [-0.2, 0) is 0 Å². The summed E-state index contributed by atoms with van der Waals surface area (Å²) in [5.41, 5.74) is 0. The van der Waals surface area contributed by atoms with Crippen molar-refractivity contribution in [2.24, 2.45) is 0 Å². The minimum Gasteiger partial charge on any atom is -0.416 e. The Labute approximate surface area is 97.2 Å². The second-order valence-electron chi connectivity index (χ2n) is 2.95. The topological polar surface area (TPSA) is 22.1 Å². The first-order valence-electron chi connectivity index (χ1n) is 4.27. The Morgan fingerprint density at radius 3 is 2.69 bits per heavy atom. The number of hydrogen-bond donors (Lipinski definition) is 0. The molecule has 16 heavy (non-hydrogen) atoms. The van der Waals surface area contributed by atoms with Crippen LogP contribution in [0, 0.1) is 5.82 Å². The van der Waals surface area contributed by atoms with E-state index in [1.807, 2.05) is 0 Å². The second kappa shape index (κ2) is 4.29. The molecule has 1 aromatic heterocycles. The fourth-order valence-electron chi connectivity index (χ4n) is 1.37. The van der Waals surface area contributed by atoms with Gasteiger partial charge in [0.1, 0.15) is 5.82 Å². The third kappa shape index (κ3) is 1.97. The van der Waals surface area contributed by atoms with Crippen LogP contribution >= 0.6 is 15.9 Å². The zero-order chi connectivity index (χ0) is 11.7. The fourth-order valence-corrected chi connectivity index (χ4v) is 1.83. The van der Waals surface area contributed by atoms with E-state index in [2.05, 4.69) is 25.7 Å². The molecule has 0 saturated heterocycles. The largest absolute Gasteiger partial charge is 0.416 e. The van der Waals surface area contributed by atoms with Crippen molar-refractivity contribution in [1.82, 2.24) is 4.98 Å². The summed E-state index contributed by atoms with van der Waals surface area (Å²) >= 11 is 3.19. The van der Waals surface area contributed by atoms with Crippen LogP contribution in [0.5, 0.6) is 5.88 Å². The fraction of sp³-hybridized carbons (Fsp3) is 0.100. The molecular weight excluding hydrogens is 287 g/mol. The van der Waals surface area contributed by atoms with Crippen LogP contribution in [0.25, 0.3) is 10.8 Å². The van der Waals surface area contributed by atoms with Crippen molar-refractivity contribution in [2.45, 2.75) is 6.61 Å². The van der Waals surface area contributed by atoms with E-state index in [0.717, 1.165) is 6.07 Å². The normalized spacial score (nSPS) is 11.1. The highest BCUT2D eigenvalue weighted by atomic mass is 79.9. The first-order chi connectivity index (χ1) is 7.59. The Bertz CT molecular complexity index is 533. The lowest BCUT2D eigenvalue weighted by molar-refractivity contribution is -0.0517. The Balaban J connectivity index is 2.71. The van der Waals surface area contributed by atoms with Gasteiger partial charge in [-0.2, -0.15) is 8.78 Å². The minimum absolute atomic E-state index is 0.0582. The Morgan fingerprint density at radius 1 is 1.25 bits per heavy atom. The van der Waals surface area contributed by atoms with E-state index in [-0.39, 0.29) is 5.39 Å². The molecule has 0 fully saturated rings. The lowest BCUT2D eigenvalue weighted by Gasteiger charge is -2.08. The third-order valence-electron chi connectivity index (χ3n) is 1.99. The Hall–Kier alpha value is -1.30. The molecule has 0 N–H and O–H groups in total. The summed E-state index contributed by atoms with van der Waals surface area (Å²) in [6.45, 7) is -3.03. The zero-order valence-electron chi connectivity index (χ0n) is 7.75. The summed E-state index contributed by atoms with van der Waals surface area (Å²) in [6.07, 6.45) is 1.28. The molecule has 0 spiro atoms. The molecule has 0 bridgehead atoms. The molecule has 0 saturated carbocycles. The quantitative estimate of drug-likeness (QED) is 0.841. The van der Waals surface area contributed by atoms with Gasteiger partial charge in [0.2, 0.25) is 5.88 Å². The number of pyridine rings is 1. The number of benzene rings is 1. The molecular formula is C10H5BrF3NO. The van der Waals surface area contributed by atoms with E-state index in [4.69, 9.17) is 0 Å². The molecule has 0 atom stereocenters. The maximum absolute atomic E-state index is 13.5. The number of halogens is 4. The number of aromatic nitrogens is 1. The van der Waals surface area contributed by atoms with Crippen LogP contribution in [0.15, 0.2) is 28.9 Å². The third-order valence-corrected chi connectivity index (χ3v) is 2.68. The molecule has 0 aliphatic carbocycles. The monoisotopic (exact) mass is 291 g/mol. The van der Waals surface area contributed by atoms with Crippen molar-refractivity contribution in [2.75, 3.05) is 0 Å². The highest BCUT2D eigenvalue weighted by molar-refractivity contribution is 9.10. The summed E-state index contributed by atoms with van der Waals surface area (Å²) < 4.78 is 42.4. The zero-order valence-corrected chi connectivity index (χ0v) is 9.34. The van der Waals surface area contributed by atoms with Crippen molar-refractivity contribution in [1.29, 1.82) is 0 Å². The van der Waals surface area contributed by atoms with E-state index >= 15 is 0 Å². The molecule has 0 radical (unpaired) electrons. The van der Waals surface area contributed by atoms with Gasteiger partial charge < -0.3 is 4.74 Å². The van der Waals surface area contributed by atoms with Gasteiger partial charge in [0, 0.05) is 16.1 Å². The summed E-state index contributed by atoms with van der Waals surface area (Å²) in [6, 6.07) is 4.16. The molecule has 0 amide bonds. The van der Waals surface area contributed by atoms with Crippen molar-refractivity contribution in [3.63, 3.8) is 0 Å². The van der Waals surface area contributed by atoms with E-state index in [1.165, 1.54) is 18.3 Å². The molecule has 0 aliphatic rings. The molecule has 1 heterocycles. The Kier molecular flexibility index (Phi) is 3.00. The number of hydrogen-bond acceptors (Lipinski definition) is 2. The van der Waals surface area contributed by atoms with Gasteiger partial charge in [0.25, 0.3) is 0 Å². The highest BCUT2D eigenvalue weighted by Gasteiger charge is 2.14. The second-order valence-corrected chi connectivity index (χ2v) is 3.80. The summed E-state index contributed by atoms with van der Waals surface area (Å²) in [4.78, 5) is 3.59. The molecule has 1 aromatic carbocycles. The summed E-state index contributed by atoms with van der Waals surface area (Å²) in [5, 5.41) is 0.378. The molecule has 6 heteroatoms. The predicted octanol–water partition coefficient (Wildman–Crippen LogP) is 3.74. The first-order valence-corrected chi connectivity index (χ1v) is 5.06. The predicted molar refractivity (Wildman–Crippen MR) is 56.0 cm³/mol. The van der Waals surface area contributed by atoms with Crippen molar-refractivity contribution in [3.05, 3.63) is 34.7 Å².